The zero-order valence-corrected chi connectivity index (χ0v) is 14.9. The molecule has 0 saturated heterocycles. The van der Waals surface area contributed by atoms with Gasteiger partial charge in [0.15, 0.2) is 0 Å². The van der Waals surface area contributed by atoms with Gasteiger partial charge in [-0.15, -0.1) is 11.3 Å². The van der Waals surface area contributed by atoms with Crippen molar-refractivity contribution in [2.24, 2.45) is 0 Å². The van der Waals surface area contributed by atoms with Gasteiger partial charge in [-0.05, 0) is 50.5 Å². The summed E-state index contributed by atoms with van der Waals surface area (Å²) in [7, 11) is 0. The summed E-state index contributed by atoms with van der Waals surface area (Å²) in [6, 6.07) is 11.4. The molecule has 0 radical (unpaired) electrons. The minimum atomic E-state index is 0.204. The van der Waals surface area contributed by atoms with Crippen LogP contribution in [0.5, 0.6) is 0 Å². The van der Waals surface area contributed by atoms with Crippen LogP contribution in [0, 0.1) is 0 Å². The third-order valence-corrected chi connectivity index (χ3v) is 5.36. The molecule has 0 aliphatic heterocycles. The standard InChI is InChI=1S/C17H22BrNS/c1-5-19-15(16-14(18)10-11-20-16)12-6-8-13(9-7-12)17(2,3)4/h6-11,15,19H,5H2,1-4H3. The molecular formula is C17H22BrNS. The number of hydrogen-bond donors (Lipinski definition) is 1. The van der Waals surface area contributed by atoms with Crippen molar-refractivity contribution < 1.29 is 0 Å². The van der Waals surface area contributed by atoms with Crippen LogP contribution in [0.2, 0.25) is 0 Å². The molecule has 1 aromatic carbocycles. The molecule has 1 N–H and O–H groups in total. The van der Waals surface area contributed by atoms with E-state index in [9.17, 15) is 0 Å². The third-order valence-electron chi connectivity index (χ3n) is 3.43. The van der Waals surface area contributed by atoms with E-state index in [1.807, 2.05) is 0 Å². The smallest absolute Gasteiger partial charge is 0.0682 e. The molecule has 0 fully saturated rings. The van der Waals surface area contributed by atoms with Gasteiger partial charge < -0.3 is 5.32 Å². The lowest BCUT2D eigenvalue weighted by molar-refractivity contribution is 0.588. The summed E-state index contributed by atoms with van der Waals surface area (Å²) < 4.78 is 1.19. The van der Waals surface area contributed by atoms with Crippen molar-refractivity contribution in [3.05, 3.63) is 56.2 Å². The van der Waals surface area contributed by atoms with E-state index in [2.05, 4.69) is 84.7 Å². The fraction of sp³-hybridized carbons (Fsp3) is 0.412. The lowest BCUT2D eigenvalue weighted by Crippen LogP contribution is -2.21. The van der Waals surface area contributed by atoms with Crippen LogP contribution in [0.3, 0.4) is 0 Å². The van der Waals surface area contributed by atoms with Gasteiger partial charge in [0.2, 0.25) is 0 Å². The Morgan fingerprint density at radius 1 is 1.15 bits per heavy atom. The summed E-state index contributed by atoms with van der Waals surface area (Å²) in [5, 5.41) is 5.71. The quantitative estimate of drug-likeness (QED) is 0.765. The molecule has 2 aromatic rings. The first-order valence-corrected chi connectivity index (χ1v) is 8.67. The average molecular weight is 352 g/mol. The normalized spacial score (nSPS) is 13.4. The summed E-state index contributed by atoms with van der Waals surface area (Å²) in [4.78, 5) is 1.34. The number of rotatable bonds is 4. The molecular weight excluding hydrogens is 330 g/mol. The van der Waals surface area contributed by atoms with Gasteiger partial charge in [-0.3, -0.25) is 0 Å². The van der Waals surface area contributed by atoms with Crippen molar-refractivity contribution in [2.45, 2.75) is 39.2 Å². The average Bonchev–Trinajstić information content (AvgIpc) is 2.81. The van der Waals surface area contributed by atoms with Crippen LogP contribution in [-0.4, -0.2) is 6.54 Å². The Morgan fingerprint density at radius 2 is 1.80 bits per heavy atom. The van der Waals surface area contributed by atoms with Crippen LogP contribution in [0.25, 0.3) is 0 Å². The van der Waals surface area contributed by atoms with Gasteiger partial charge in [-0.25, -0.2) is 0 Å². The molecule has 1 nitrogen and oxygen atoms in total. The van der Waals surface area contributed by atoms with E-state index in [1.54, 1.807) is 11.3 Å². The Kier molecular flexibility index (Phi) is 5.05. The molecule has 2 rings (SSSR count). The first kappa shape index (κ1) is 15.7. The first-order valence-electron chi connectivity index (χ1n) is 7.00. The second-order valence-electron chi connectivity index (χ2n) is 6.00. The molecule has 1 heterocycles. The maximum atomic E-state index is 3.65. The number of halogens is 1. The van der Waals surface area contributed by atoms with Crippen LogP contribution in [0.15, 0.2) is 40.2 Å². The zero-order valence-electron chi connectivity index (χ0n) is 12.5. The van der Waals surface area contributed by atoms with Gasteiger partial charge in [0, 0.05) is 9.35 Å². The molecule has 0 aliphatic carbocycles. The van der Waals surface area contributed by atoms with E-state index >= 15 is 0 Å². The number of nitrogens with one attached hydrogen (secondary N) is 1. The van der Waals surface area contributed by atoms with Crippen molar-refractivity contribution in [1.29, 1.82) is 0 Å². The highest BCUT2D eigenvalue weighted by Gasteiger charge is 2.19. The van der Waals surface area contributed by atoms with Gasteiger partial charge in [0.05, 0.1) is 6.04 Å². The maximum absolute atomic E-state index is 3.65. The minimum Gasteiger partial charge on any atom is -0.306 e. The van der Waals surface area contributed by atoms with Crippen LogP contribution in [0.1, 0.15) is 49.7 Å². The summed E-state index contributed by atoms with van der Waals surface area (Å²) in [6.07, 6.45) is 0. The fourth-order valence-electron chi connectivity index (χ4n) is 2.25. The van der Waals surface area contributed by atoms with Gasteiger partial charge in [0.25, 0.3) is 0 Å². The third kappa shape index (κ3) is 3.51. The summed E-state index contributed by atoms with van der Waals surface area (Å²) in [6.45, 7) is 9.85. The molecule has 1 aromatic heterocycles. The van der Waals surface area contributed by atoms with Gasteiger partial charge in [-0.2, -0.15) is 0 Å². The van der Waals surface area contributed by atoms with Crippen LogP contribution >= 0.6 is 27.3 Å². The molecule has 1 unspecified atom stereocenters. The van der Waals surface area contributed by atoms with E-state index in [-0.39, 0.29) is 11.5 Å². The molecule has 0 aliphatic rings. The fourth-order valence-corrected chi connectivity index (χ4v) is 3.96. The van der Waals surface area contributed by atoms with Crippen molar-refractivity contribution in [1.82, 2.24) is 5.32 Å². The topological polar surface area (TPSA) is 12.0 Å². The van der Waals surface area contributed by atoms with Crippen LogP contribution in [0.4, 0.5) is 0 Å². The van der Waals surface area contributed by atoms with Crippen molar-refractivity contribution >= 4 is 27.3 Å². The maximum Gasteiger partial charge on any atom is 0.0682 e. The first-order chi connectivity index (χ1) is 9.43. The largest absolute Gasteiger partial charge is 0.306 e. The highest BCUT2D eigenvalue weighted by Crippen LogP contribution is 2.34. The Balaban J connectivity index is 2.33. The molecule has 0 bridgehead atoms. The van der Waals surface area contributed by atoms with Crippen LogP contribution < -0.4 is 5.32 Å². The van der Waals surface area contributed by atoms with E-state index in [0.717, 1.165) is 6.54 Å². The second kappa shape index (κ2) is 6.42. The highest BCUT2D eigenvalue weighted by atomic mass is 79.9. The highest BCUT2D eigenvalue weighted by molar-refractivity contribution is 9.10. The Hall–Kier alpha value is -0.640. The van der Waals surface area contributed by atoms with E-state index in [1.165, 1.54) is 20.5 Å². The van der Waals surface area contributed by atoms with Crippen molar-refractivity contribution in [3.63, 3.8) is 0 Å². The van der Waals surface area contributed by atoms with Crippen molar-refractivity contribution in [2.75, 3.05) is 6.54 Å². The Bertz CT molecular complexity index is 551. The minimum absolute atomic E-state index is 0.204. The number of hydrogen-bond acceptors (Lipinski definition) is 2. The molecule has 20 heavy (non-hydrogen) atoms. The molecule has 108 valence electrons. The van der Waals surface area contributed by atoms with Crippen molar-refractivity contribution in [3.8, 4) is 0 Å². The molecule has 1 atom stereocenters. The predicted molar refractivity (Wildman–Crippen MR) is 92.7 cm³/mol. The SMILES string of the molecule is CCNC(c1ccc(C(C)(C)C)cc1)c1sccc1Br. The molecule has 0 spiro atoms. The van der Waals surface area contributed by atoms with Gasteiger partial charge >= 0.3 is 0 Å². The number of thiophene rings is 1. The lowest BCUT2D eigenvalue weighted by atomic mass is 9.86. The summed E-state index contributed by atoms with van der Waals surface area (Å²) in [5.41, 5.74) is 2.90. The number of benzene rings is 1. The Morgan fingerprint density at radius 3 is 2.25 bits per heavy atom. The lowest BCUT2D eigenvalue weighted by Gasteiger charge is -2.22. The van der Waals surface area contributed by atoms with E-state index in [0.29, 0.717) is 0 Å². The van der Waals surface area contributed by atoms with E-state index in [4.69, 9.17) is 0 Å². The predicted octanol–water partition coefficient (Wildman–Crippen LogP) is 5.51. The molecule has 0 saturated carbocycles. The second-order valence-corrected chi connectivity index (χ2v) is 7.80. The van der Waals surface area contributed by atoms with Crippen LogP contribution in [-0.2, 0) is 5.41 Å². The molecule has 3 heteroatoms. The summed E-state index contributed by atoms with van der Waals surface area (Å²) in [5.74, 6) is 0. The zero-order chi connectivity index (χ0) is 14.8. The van der Waals surface area contributed by atoms with Gasteiger partial charge in [-0.1, -0.05) is 52.0 Å². The Labute approximate surface area is 134 Å². The van der Waals surface area contributed by atoms with Gasteiger partial charge in [0.1, 0.15) is 0 Å². The van der Waals surface area contributed by atoms with E-state index < -0.39 is 0 Å². The monoisotopic (exact) mass is 351 g/mol. The molecule has 0 amide bonds. The summed E-state index contributed by atoms with van der Waals surface area (Å²) >= 11 is 5.44.